The summed E-state index contributed by atoms with van der Waals surface area (Å²) in [6.45, 7) is 1.54. The molecule has 0 bridgehead atoms. The molecule has 3 aromatic rings. The molecule has 0 spiro atoms. The molecular weight excluding hydrogens is 389 g/mol. The second kappa shape index (κ2) is 6.38. The number of nitrogens with zero attached hydrogens (tertiary/aromatic N) is 1. The number of halogens is 3. The van der Waals surface area contributed by atoms with Crippen molar-refractivity contribution < 1.29 is 21.6 Å². The SMILES string of the molecule is Cc1ccc(-n2c(-c3cc(F)c(S(N)(=O)=O)cc3F)csc2=O)cc1F. The van der Waals surface area contributed by atoms with Crippen LogP contribution in [0.3, 0.4) is 0 Å². The van der Waals surface area contributed by atoms with Gasteiger partial charge in [-0.15, -0.1) is 0 Å². The standard InChI is InChI=1S/C16H11F3N2O3S2/c1-8-2-3-9(4-11(8)17)21-14(7-25-16(21)22)10-5-13(19)15(6-12(10)18)26(20,23)24/h2-7H,1H3,(H2,20,23,24). The maximum absolute atomic E-state index is 14.4. The van der Waals surface area contributed by atoms with Crippen molar-refractivity contribution in [2.24, 2.45) is 5.14 Å². The Morgan fingerprint density at radius 1 is 1.04 bits per heavy atom. The monoisotopic (exact) mass is 400 g/mol. The van der Waals surface area contributed by atoms with Crippen LogP contribution in [0.15, 0.2) is 45.4 Å². The van der Waals surface area contributed by atoms with E-state index in [9.17, 15) is 26.4 Å². The van der Waals surface area contributed by atoms with Crippen LogP contribution in [0.5, 0.6) is 0 Å². The lowest BCUT2D eigenvalue weighted by atomic mass is 10.1. The fraction of sp³-hybridized carbons (Fsp3) is 0.0625. The van der Waals surface area contributed by atoms with E-state index < -0.39 is 37.2 Å². The van der Waals surface area contributed by atoms with Gasteiger partial charge in [0.05, 0.1) is 11.4 Å². The predicted octanol–water partition coefficient (Wildman–Crippen LogP) is 2.94. The average molecular weight is 400 g/mol. The van der Waals surface area contributed by atoms with Gasteiger partial charge in [0.1, 0.15) is 22.3 Å². The smallest absolute Gasteiger partial charge is 0.267 e. The third-order valence-corrected chi connectivity index (χ3v) is 5.36. The quantitative estimate of drug-likeness (QED) is 0.734. The van der Waals surface area contributed by atoms with Crippen LogP contribution in [0.4, 0.5) is 13.2 Å². The molecule has 26 heavy (non-hydrogen) atoms. The molecule has 0 aliphatic heterocycles. The van der Waals surface area contributed by atoms with Crippen molar-refractivity contribution in [1.29, 1.82) is 0 Å². The number of rotatable bonds is 3. The molecule has 10 heteroatoms. The number of benzene rings is 2. The Morgan fingerprint density at radius 3 is 2.35 bits per heavy atom. The molecule has 2 N–H and O–H groups in total. The number of sulfonamides is 1. The molecule has 2 aromatic carbocycles. The number of primary sulfonamides is 1. The molecule has 1 heterocycles. The minimum absolute atomic E-state index is 0.0411. The molecule has 0 radical (unpaired) electrons. The number of thiazole rings is 1. The Labute approximate surface area is 150 Å². The molecule has 0 atom stereocenters. The first-order valence-electron chi connectivity index (χ1n) is 7.09. The Balaban J connectivity index is 2.26. The van der Waals surface area contributed by atoms with Gasteiger partial charge in [0, 0.05) is 10.9 Å². The summed E-state index contributed by atoms with van der Waals surface area (Å²) in [5.41, 5.74) is 0.0906. The molecule has 1 aromatic heterocycles. The first-order chi connectivity index (χ1) is 12.1. The third-order valence-electron chi connectivity index (χ3n) is 3.71. The molecule has 0 amide bonds. The predicted molar refractivity (Wildman–Crippen MR) is 91.3 cm³/mol. The Bertz CT molecular complexity index is 1180. The number of hydrogen-bond acceptors (Lipinski definition) is 4. The van der Waals surface area contributed by atoms with Gasteiger partial charge in [-0.3, -0.25) is 9.36 Å². The zero-order valence-electron chi connectivity index (χ0n) is 13.2. The van der Waals surface area contributed by atoms with E-state index in [-0.39, 0.29) is 16.9 Å². The van der Waals surface area contributed by atoms with Crippen molar-refractivity contribution in [3.8, 4) is 16.9 Å². The molecule has 0 aliphatic rings. The van der Waals surface area contributed by atoms with Crippen LogP contribution in [0.2, 0.25) is 0 Å². The van der Waals surface area contributed by atoms with Crippen LogP contribution < -0.4 is 10.0 Å². The second-order valence-electron chi connectivity index (χ2n) is 5.46. The van der Waals surface area contributed by atoms with Crippen LogP contribution in [-0.2, 0) is 10.0 Å². The van der Waals surface area contributed by atoms with Crippen molar-refractivity contribution in [2.75, 3.05) is 0 Å². The highest BCUT2D eigenvalue weighted by molar-refractivity contribution is 7.89. The summed E-state index contributed by atoms with van der Waals surface area (Å²) in [6, 6.07) is 5.09. The molecule has 136 valence electrons. The summed E-state index contributed by atoms with van der Waals surface area (Å²) in [4.78, 5) is 10.6. The number of aryl methyl sites for hydroxylation is 1. The zero-order chi connectivity index (χ0) is 19.2. The Hall–Kier alpha value is -2.43. The molecule has 0 saturated heterocycles. The lowest BCUT2D eigenvalue weighted by Gasteiger charge is -2.11. The summed E-state index contributed by atoms with van der Waals surface area (Å²) in [5.74, 6) is -2.92. The first-order valence-corrected chi connectivity index (χ1v) is 9.51. The van der Waals surface area contributed by atoms with E-state index in [1.807, 2.05) is 0 Å². The van der Waals surface area contributed by atoms with Crippen LogP contribution in [-0.4, -0.2) is 13.0 Å². The molecular formula is C16H11F3N2O3S2. The number of hydrogen-bond donors (Lipinski definition) is 1. The maximum atomic E-state index is 14.4. The average Bonchev–Trinajstić information content (AvgIpc) is 2.92. The van der Waals surface area contributed by atoms with E-state index in [0.29, 0.717) is 29.0 Å². The van der Waals surface area contributed by atoms with Gasteiger partial charge in [-0.05, 0) is 36.8 Å². The molecule has 0 fully saturated rings. The van der Waals surface area contributed by atoms with E-state index in [2.05, 4.69) is 0 Å². The summed E-state index contributed by atoms with van der Waals surface area (Å²) in [5, 5.41) is 6.11. The molecule has 0 saturated carbocycles. The van der Waals surface area contributed by atoms with Crippen LogP contribution in [0, 0.1) is 24.4 Å². The highest BCUT2D eigenvalue weighted by atomic mass is 32.2. The topological polar surface area (TPSA) is 82.2 Å². The van der Waals surface area contributed by atoms with Gasteiger partial charge in [0.15, 0.2) is 0 Å². The normalized spacial score (nSPS) is 11.7. The van der Waals surface area contributed by atoms with Gasteiger partial charge in [-0.2, -0.15) is 0 Å². The van der Waals surface area contributed by atoms with E-state index in [4.69, 9.17) is 5.14 Å². The third kappa shape index (κ3) is 3.18. The molecule has 0 unspecified atom stereocenters. The van der Waals surface area contributed by atoms with E-state index in [1.54, 1.807) is 0 Å². The summed E-state index contributed by atoms with van der Waals surface area (Å²) >= 11 is 0.708. The highest BCUT2D eigenvalue weighted by Crippen LogP contribution is 2.29. The van der Waals surface area contributed by atoms with Crippen molar-refractivity contribution in [1.82, 2.24) is 4.57 Å². The number of aromatic nitrogens is 1. The van der Waals surface area contributed by atoms with Crippen molar-refractivity contribution in [3.05, 3.63) is 68.4 Å². The van der Waals surface area contributed by atoms with Gasteiger partial charge < -0.3 is 0 Å². The van der Waals surface area contributed by atoms with E-state index in [0.717, 1.165) is 10.6 Å². The minimum Gasteiger partial charge on any atom is -0.267 e. The van der Waals surface area contributed by atoms with Crippen molar-refractivity contribution in [2.45, 2.75) is 11.8 Å². The second-order valence-corrected chi connectivity index (χ2v) is 7.81. The first kappa shape index (κ1) is 18.4. The zero-order valence-corrected chi connectivity index (χ0v) is 14.8. The largest absolute Gasteiger partial charge is 0.312 e. The van der Waals surface area contributed by atoms with Crippen LogP contribution in [0.25, 0.3) is 16.9 Å². The van der Waals surface area contributed by atoms with Crippen molar-refractivity contribution in [3.63, 3.8) is 0 Å². The Kier molecular flexibility index (Phi) is 4.51. The van der Waals surface area contributed by atoms with Crippen LogP contribution in [0.1, 0.15) is 5.56 Å². The highest BCUT2D eigenvalue weighted by Gasteiger charge is 2.22. The number of nitrogens with two attached hydrogens (primary N) is 1. The maximum Gasteiger partial charge on any atom is 0.312 e. The van der Waals surface area contributed by atoms with Gasteiger partial charge >= 0.3 is 4.87 Å². The van der Waals surface area contributed by atoms with E-state index in [1.165, 1.54) is 24.4 Å². The van der Waals surface area contributed by atoms with Gasteiger partial charge in [-0.25, -0.2) is 26.7 Å². The van der Waals surface area contributed by atoms with Gasteiger partial charge in [0.25, 0.3) is 0 Å². The van der Waals surface area contributed by atoms with E-state index >= 15 is 0 Å². The molecule has 0 aliphatic carbocycles. The Morgan fingerprint density at radius 2 is 1.73 bits per heavy atom. The lowest BCUT2D eigenvalue weighted by molar-refractivity contribution is 0.555. The molecule has 5 nitrogen and oxygen atoms in total. The van der Waals surface area contributed by atoms with Gasteiger partial charge in [0.2, 0.25) is 10.0 Å². The summed E-state index contributed by atoms with van der Waals surface area (Å²) in [7, 11) is -4.45. The van der Waals surface area contributed by atoms with Crippen molar-refractivity contribution >= 4 is 21.4 Å². The lowest BCUT2D eigenvalue weighted by Crippen LogP contribution is -2.16. The van der Waals surface area contributed by atoms with Gasteiger partial charge in [-0.1, -0.05) is 17.4 Å². The summed E-state index contributed by atoms with van der Waals surface area (Å²) < 4.78 is 66.0. The minimum atomic E-state index is -4.45. The molecule has 3 rings (SSSR count). The fourth-order valence-electron chi connectivity index (χ4n) is 2.40. The van der Waals surface area contributed by atoms with Crippen LogP contribution >= 0.6 is 11.3 Å². The fourth-order valence-corrected chi connectivity index (χ4v) is 3.75. The summed E-state index contributed by atoms with van der Waals surface area (Å²) in [6.07, 6.45) is 0.